The molecule has 5 heteroatoms. The van der Waals surface area contributed by atoms with Gasteiger partial charge in [0, 0.05) is 11.4 Å². The van der Waals surface area contributed by atoms with E-state index in [0.29, 0.717) is 11.1 Å². The van der Waals surface area contributed by atoms with Gasteiger partial charge in [-0.15, -0.1) is 0 Å². The van der Waals surface area contributed by atoms with Gasteiger partial charge in [0.25, 0.3) is 0 Å². The van der Waals surface area contributed by atoms with Crippen molar-refractivity contribution < 1.29 is 0 Å². The Morgan fingerprint density at radius 2 is 1.02 bits per heavy atom. The zero-order chi connectivity index (χ0) is 40.2. The molecule has 8 aromatic rings. The van der Waals surface area contributed by atoms with E-state index in [4.69, 9.17) is 4.99 Å². The zero-order valence-electron chi connectivity index (χ0n) is 32.4. The van der Waals surface area contributed by atoms with Gasteiger partial charge in [-0.2, -0.15) is 10.5 Å². The fourth-order valence-electron chi connectivity index (χ4n) is 9.46. The Balaban J connectivity index is 1.02. The van der Waals surface area contributed by atoms with E-state index < -0.39 is 5.41 Å². The number of nitrogens with zero attached hydrogens (tertiary/aromatic N) is 4. The summed E-state index contributed by atoms with van der Waals surface area (Å²) in [7, 11) is 0. The highest BCUT2D eigenvalue weighted by molar-refractivity contribution is 6.13. The van der Waals surface area contributed by atoms with Crippen LogP contribution in [0.2, 0.25) is 0 Å². The summed E-state index contributed by atoms with van der Waals surface area (Å²) in [6, 6.07) is 72.7. The number of hydrogen-bond donors (Lipinski definition) is 1. The molecule has 1 atom stereocenters. The van der Waals surface area contributed by atoms with Crippen molar-refractivity contribution in [2.24, 2.45) is 4.99 Å². The average Bonchev–Trinajstić information content (AvgIpc) is 3.62. The minimum atomic E-state index is -0.529. The third-order valence-corrected chi connectivity index (χ3v) is 12.2. The van der Waals surface area contributed by atoms with Crippen LogP contribution in [0.25, 0.3) is 28.0 Å². The summed E-state index contributed by atoms with van der Waals surface area (Å²) in [5, 5.41) is 22.5. The van der Waals surface area contributed by atoms with Crippen LogP contribution in [0.4, 0.5) is 17.1 Å². The molecule has 1 spiro atoms. The van der Waals surface area contributed by atoms with E-state index in [2.05, 4.69) is 174 Å². The lowest BCUT2D eigenvalue weighted by Gasteiger charge is -2.45. The Bertz CT molecular complexity index is 3080. The normalized spacial score (nSPS) is 15.2. The van der Waals surface area contributed by atoms with Gasteiger partial charge in [-0.25, -0.2) is 0 Å². The second-order valence-corrected chi connectivity index (χ2v) is 15.4. The molecule has 1 N–H and O–H groups in total. The first-order chi connectivity index (χ1) is 29.6. The average molecular weight is 766 g/mol. The minimum Gasteiger partial charge on any atom is -0.360 e. The molecule has 1 aliphatic carbocycles. The van der Waals surface area contributed by atoms with Crippen molar-refractivity contribution >= 4 is 28.5 Å². The smallest absolute Gasteiger partial charge is 0.145 e. The molecule has 5 nitrogen and oxygen atoms in total. The summed E-state index contributed by atoms with van der Waals surface area (Å²) in [6.07, 6.45) is 1.71. The Labute approximate surface area is 349 Å². The highest BCUT2D eigenvalue weighted by Crippen LogP contribution is 2.63. The highest BCUT2D eigenvalue weighted by Gasteiger charge is 2.51. The van der Waals surface area contributed by atoms with Gasteiger partial charge in [-0.1, -0.05) is 140 Å². The molecule has 0 aromatic heterocycles. The van der Waals surface area contributed by atoms with E-state index in [1.807, 2.05) is 48.5 Å². The van der Waals surface area contributed by atoms with Crippen LogP contribution in [-0.4, -0.2) is 5.71 Å². The monoisotopic (exact) mass is 765 g/mol. The van der Waals surface area contributed by atoms with Crippen LogP contribution in [0.5, 0.6) is 0 Å². The van der Waals surface area contributed by atoms with Crippen LogP contribution < -0.4 is 10.2 Å². The Hall–Kier alpha value is -8.25. The first-order valence-corrected chi connectivity index (χ1v) is 20.1. The van der Waals surface area contributed by atoms with E-state index >= 15 is 0 Å². The molecule has 0 saturated carbocycles. The molecular formula is C55H35N5. The molecule has 2 heterocycles. The predicted molar refractivity (Wildman–Crippen MR) is 240 cm³/mol. The van der Waals surface area contributed by atoms with Crippen molar-refractivity contribution in [2.45, 2.75) is 11.6 Å². The molecule has 3 aliphatic rings. The van der Waals surface area contributed by atoms with Gasteiger partial charge in [0.15, 0.2) is 0 Å². The van der Waals surface area contributed by atoms with Crippen LogP contribution >= 0.6 is 0 Å². The van der Waals surface area contributed by atoms with Crippen molar-refractivity contribution in [1.82, 2.24) is 5.32 Å². The highest BCUT2D eigenvalue weighted by atomic mass is 15.2. The van der Waals surface area contributed by atoms with E-state index in [9.17, 15) is 10.5 Å². The third kappa shape index (κ3) is 5.42. The molecule has 60 heavy (non-hydrogen) atoms. The number of hydrogen-bond acceptors (Lipinski definition) is 5. The molecule has 0 saturated heterocycles. The maximum absolute atomic E-state index is 9.42. The van der Waals surface area contributed by atoms with Gasteiger partial charge >= 0.3 is 0 Å². The van der Waals surface area contributed by atoms with Crippen LogP contribution in [0, 0.1) is 22.7 Å². The van der Waals surface area contributed by atoms with Gasteiger partial charge in [0.2, 0.25) is 0 Å². The van der Waals surface area contributed by atoms with Crippen LogP contribution in [0.1, 0.15) is 56.2 Å². The fourth-order valence-corrected chi connectivity index (χ4v) is 9.46. The summed E-state index contributed by atoms with van der Waals surface area (Å²) < 4.78 is 0. The van der Waals surface area contributed by atoms with E-state index in [0.717, 1.165) is 44.9 Å². The Kier molecular flexibility index (Phi) is 8.15. The number of rotatable bonds is 5. The van der Waals surface area contributed by atoms with Crippen molar-refractivity contribution in [1.29, 1.82) is 10.5 Å². The fraction of sp³-hybridized carbons (Fsp3) is 0.0364. The first-order valence-electron chi connectivity index (χ1n) is 20.1. The van der Waals surface area contributed by atoms with Crippen molar-refractivity contribution in [2.75, 3.05) is 4.90 Å². The summed E-state index contributed by atoms with van der Waals surface area (Å²) in [5.41, 5.74) is 18.7. The Morgan fingerprint density at radius 1 is 0.483 bits per heavy atom. The quantitative estimate of drug-likeness (QED) is 0.189. The van der Waals surface area contributed by atoms with Gasteiger partial charge < -0.3 is 10.2 Å². The zero-order valence-corrected chi connectivity index (χ0v) is 32.4. The lowest BCUT2D eigenvalue weighted by molar-refractivity contribution is 0.664. The number of nitrogens with one attached hydrogen (secondary N) is 1. The maximum atomic E-state index is 9.42. The van der Waals surface area contributed by atoms with Gasteiger partial charge in [0.05, 0.1) is 45.8 Å². The summed E-state index contributed by atoms with van der Waals surface area (Å²) in [5.74, 6) is 0. The van der Waals surface area contributed by atoms with Crippen molar-refractivity contribution in [3.05, 3.63) is 250 Å². The lowest BCUT2D eigenvalue weighted by Crippen LogP contribution is -2.36. The van der Waals surface area contributed by atoms with Gasteiger partial charge in [0.1, 0.15) is 6.17 Å². The molecule has 280 valence electrons. The molecule has 0 radical (unpaired) electrons. The van der Waals surface area contributed by atoms with Crippen LogP contribution in [0.15, 0.2) is 205 Å². The van der Waals surface area contributed by atoms with Crippen molar-refractivity contribution in [3.63, 3.8) is 0 Å². The molecule has 11 rings (SSSR count). The summed E-state index contributed by atoms with van der Waals surface area (Å²) >= 11 is 0. The SMILES string of the molecule is N#Cc1ccc(C2=NC(c3ccc(C#N)cc3)NC(c3ccc(-c4ccc5c(c4)C4(c6ccccc6-5)c5ccccc5N(c5ccccc5)c5ccccc54)cc3)=C2)cc1. The van der Waals surface area contributed by atoms with Crippen molar-refractivity contribution in [3.8, 4) is 34.4 Å². The largest absolute Gasteiger partial charge is 0.360 e. The molecule has 1 unspecified atom stereocenters. The number of nitriles is 2. The second-order valence-electron chi connectivity index (χ2n) is 15.4. The number of para-hydroxylation sites is 3. The number of aliphatic imine (C=N–C) groups is 1. The minimum absolute atomic E-state index is 0.364. The van der Waals surface area contributed by atoms with E-state index in [1.54, 1.807) is 0 Å². The number of fused-ring (bicyclic) bond motifs is 9. The molecule has 2 aliphatic heterocycles. The molecule has 0 amide bonds. The number of anilines is 3. The standard InChI is InChI=1S/C55H35N5/c56-34-36-18-22-39(23-19-36)50-33-51(59-54(58-50)41-24-20-37(35-57)21-25-41)40-28-26-38(27-29-40)42-30-31-45-44-12-4-5-13-46(44)55(49(45)32-42)47-14-6-8-16-52(47)60(43-10-2-1-3-11-43)53-17-9-7-15-48(53)55/h1-33,54,59H. The topological polar surface area (TPSA) is 75.2 Å². The van der Waals surface area contributed by atoms with E-state index in [1.165, 1.54) is 44.8 Å². The molecule has 8 aromatic carbocycles. The van der Waals surface area contributed by atoms with Crippen LogP contribution in [-0.2, 0) is 5.41 Å². The summed E-state index contributed by atoms with van der Waals surface area (Å²) in [4.78, 5) is 7.49. The Morgan fingerprint density at radius 3 is 1.68 bits per heavy atom. The van der Waals surface area contributed by atoms with Crippen LogP contribution in [0.3, 0.4) is 0 Å². The summed E-state index contributed by atoms with van der Waals surface area (Å²) in [6.45, 7) is 0. The molecule has 0 bridgehead atoms. The van der Waals surface area contributed by atoms with Gasteiger partial charge in [-0.3, -0.25) is 4.99 Å². The maximum Gasteiger partial charge on any atom is 0.145 e. The predicted octanol–water partition coefficient (Wildman–Crippen LogP) is 12.4. The van der Waals surface area contributed by atoms with Gasteiger partial charge in [-0.05, 0) is 122 Å². The lowest BCUT2D eigenvalue weighted by atomic mass is 9.64. The molecule has 0 fully saturated rings. The number of allylic oxidation sites excluding steroid dienone is 1. The van der Waals surface area contributed by atoms with E-state index in [-0.39, 0.29) is 6.17 Å². The number of benzene rings is 8. The first kappa shape index (κ1) is 35.0. The molecular weight excluding hydrogens is 731 g/mol. The second kappa shape index (κ2) is 14.0. The third-order valence-electron chi connectivity index (χ3n) is 12.2.